The molecule has 0 unspecified atom stereocenters. The van der Waals surface area contributed by atoms with E-state index in [4.69, 9.17) is 4.74 Å². The molecular weight excluding hydrogens is 304 g/mol. The summed E-state index contributed by atoms with van der Waals surface area (Å²) in [6.07, 6.45) is 5.90. The van der Waals surface area contributed by atoms with Gasteiger partial charge in [0.1, 0.15) is 12.4 Å². The van der Waals surface area contributed by atoms with Gasteiger partial charge in [0.2, 0.25) is 0 Å². The lowest BCUT2D eigenvalue weighted by atomic mass is 9.94. The van der Waals surface area contributed by atoms with Crippen molar-refractivity contribution in [3.8, 4) is 5.75 Å². The van der Waals surface area contributed by atoms with Crippen molar-refractivity contribution in [3.05, 3.63) is 29.8 Å². The Labute approximate surface area is 145 Å². The van der Waals surface area contributed by atoms with Crippen molar-refractivity contribution in [2.75, 3.05) is 33.8 Å². The van der Waals surface area contributed by atoms with Crippen molar-refractivity contribution in [1.82, 2.24) is 10.2 Å². The monoisotopic (exact) mass is 334 g/mol. The van der Waals surface area contributed by atoms with E-state index >= 15 is 0 Å². The van der Waals surface area contributed by atoms with E-state index in [0.29, 0.717) is 24.5 Å². The number of aliphatic hydroxyl groups is 1. The maximum absolute atomic E-state index is 12.5. The van der Waals surface area contributed by atoms with Crippen molar-refractivity contribution in [2.24, 2.45) is 0 Å². The molecule has 1 fully saturated rings. The number of carbonyl (C=O) groups is 1. The number of likely N-dealkylation sites (N-methyl/N-ethyl adjacent to an activating group) is 1. The van der Waals surface area contributed by atoms with E-state index in [2.05, 4.69) is 5.32 Å². The second-order valence-electron chi connectivity index (χ2n) is 6.97. The van der Waals surface area contributed by atoms with E-state index < -0.39 is 5.60 Å². The topological polar surface area (TPSA) is 61.8 Å². The fourth-order valence-electron chi connectivity index (χ4n) is 3.02. The highest BCUT2D eigenvalue weighted by Crippen LogP contribution is 2.26. The molecule has 134 valence electrons. The van der Waals surface area contributed by atoms with Gasteiger partial charge in [-0.3, -0.25) is 4.79 Å². The zero-order valence-electron chi connectivity index (χ0n) is 14.9. The van der Waals surface area contributed by atoms with E-state index in [1.54, 1.807) is 6.07 Å². The molecule has 1 aliphatic carbocycles. The Hall–Kier alpha value is -1.59. The molecule has 1 aromatic rings. The van der Waals surface area contributed by atoms with Crippen molar-refractivity contribution in [2.45, 2.75) is 44.1 Å². The lowest BCUT2D eigenvalue weighted by Gasteiger charge is -2.27. The summed E-state index contributed by atoms with van der Waals surface area (Å²) in [7, 11) is 3.96. The maximum atomic E-state index is 12.5. The molecule has 0 spiro atoms. The molecule has 0 bridgehead atoms. The minimum absolute atomic E-state index is 0.187. The van der Waals surface area contributed by atoms with E-state index in [1.165, 1.54) is 12.8 Å². The molecule has 0 heterocycles. The fraction of sp³-hybridized carbons (Fsp3) is 0.632. The van der Waals surface area contributed by atoms with Crippen LogP contribution in [-0.2, 0) is 0 Å². The number of rotatable bonds is 7. The molecule has 0 saturated heterocycles. The maximum Gasteiger partial charge on any atom is 0.255 e. The normalized spacial score (nSPS) is 17.3. The van der Waals surface area contributed by atoms with Crippen LogP contribution >= 0.6 is 0 Å². The van der Waals surface area contributed by atoms with Gasteiger partial charge in [0.25, 0.3) is 5.91 Å². The number of carbonyl (C=O) groups excluding carboxylic acids is 1. The number of hydrogen-bond donors (Lipinski definition) is 2. The summed E-state index contributed by atoms with van der Waals surface area (Å²) >= 11 is 0. The highest BCUT2D eigenvalue weighted by atomic mass is 16.5. The van der Waals surface area contributed by atoms with Gasteiger partial charge >= 0.3 is 0 Å². The molecule has 2 rings (SSSR count). The van der Waals surface area contributed by atoms with Crippen LogP contribution in [-0.4, -0.2) is 55.3 Å². The Kier molecular flexibility index (Phi) is 7.06. The summed E-state index contributed by atoms with van der Waals surface area (Å²) in [5.74, 6) is 0.401. The minimum Gasteiger partial charge on any atom is -0.491 e. The lowest BCUT2D eigenvalue weighted by Crippen LogP contribution is -2.42. The van der Waals surface area contributed by atoms with Gasteiger partial charge < -0.3 is 20.1 Å². The van der Waals surface area contributed by atoms with Crippen LogP contribution in [0.1, 0.15) is 48.9 Å². The Morgan fingerprint density at radius 1 is 1.21 bits per heavy atom. The summed E-state index contributed by atoms with van der Waals surface area (Å²) in [5.41, 5.74) is -0.249. The van der Waals surface area contributed by atoms with Gasteiger partial charge in [0, 0.05) is 13.1 Å². The number of hydrogen-bond acceptors (Lipinski definition) is 4. The van der Waals surface area contributed by atoms with E-state index in [1.807, 2.05) is 37.2 Å². The average Bonchev–Trinajstić information content (AvgIpc) is 2.78. The standard InChI is InChI=1S/C19H30N2O3/c1-21(2)13-14-24-17-10-6-5-9-16(17)18(22)20-15-19(23)11-7-3-4-8-12-19/h5-6,9-10,23H,3-4,7-8,11-15H2,1-2H3,(H,20,22). The average molecular weight is 334 g/mol. The smallest absolute Gasteiger partial charge is 0.255 e. The molecule has 5 nitrogen and oxygen atoms in total. The van der Waals surface area contributed by atoms with Gasteiger partial charge in [-0.2, -0.15) is 0 Å². The van der Waals surface area contributed by atoms with Crippen molar-refractivity contribution in [3.63, 3.8) is 0 Å². The largest absolute Gasteiger partial charge is 0.491 e. The Balaban J connectivity index is 1.94. The van der Waals surface area contributed by atoms with Crippen molar-refractivity contribution in [1.29, 1.82) is 0 Å². The van der Waals surface area contributed by atoms with Crippen molar-refractivity contribution < 1.29 is 14.6 Å². The summed E-state index contributed by atoms with van der Waals surface area (Å²) in [6, 6.07) is 7.26. The first-order chi connectivity index (χ1) is 11.5. The van der Waals surface area contributed by atoms with Crippen LogP contribution < -0.4 is 10.1 Å². The molecule has 0 radical (unpaired) electrons. The van der Waals surface area contributed by atoms with Gasteiger partial charge in [0.15, 0.2) is 0 Å². The number of ether oxygens (including phenoxy) is 1. The van der Waals surface area contributed by atoms with E-state index in [0.717, 1.165) is 32.2 Å². The number of amides is 1. The summed E-state index contributed by atoms with van der Waals surface area (Å²) in [6.45, 7) is 1.62. The summed E-state index contributed by atoms with van der Waals surface area (Å²) in [4.78, 5) is 14.6. The number of benzene rings is 1. The molecule has 1 amide bonds. The predicted molar refractivity (Wildman–Crippen MR) is 95.5 cm³/mol. The zero-order chi connectivity index (χ0) is 17.4. The molecule has 1 aliphatic rings. The van der Waals surface area contributed by atoms with Gasteiger partial charge in [0.05, 0.1) is 11.2 Å². The number of para-hydroxylation sites is 1. The highest BCUT2D eigenvalue weighted by molar-refractivity contribution is 5.96. The third-order valence-electron chi connectivity index (χ3n) is 4.54. The van der Waals surface area contributed by atoms with Crippen LogP contribution in [0.15, 0.2) is 24.3 Å². The molecule has 5 heteroatoms. The quantitative estimate of drug-likeness (QED) is 0.752. The fourth-order valence-corrected chi connectivity index (χ4v) is 3.02. The second-order valence-corrected chi connectivity index (χ2v) is 6.97. The zero-order valence-corrected chi connectivity index (χ0v) is 14.9. The summed E-state index contributed by atoms with van der Waals surface area (Å²) in [5, 5.41) is 13.6. The Morgan fingerprint density at radius 2 is 1.88 bits per heavy atom. The molecule has 2 N–H and O–H groups in total. The molecule has 0 aliphatic heterocycles. The van der Waals surface area contributed by atoms with Crippen LogP contribution in [0.2, 0.25) is 0 Å². The van der Waals surface area contributed by atoms with Crippen LogP contribution in [0.5, 0.6) is 5.75 Å². The van der Waals surface area contributed by atoms with E-state index in [-0.39, 0.29) is 5.91 Å². The first kappa shape index (κ1) is 18.7. The molecule has 1 aromatic carbocycles. The molecular formula is C19H30N2O3. The highest BCUT2D eigenvalue weighted by Gasteiger charge is 2.28. The number of nitrogens with one attached hydrogen (secondary N) is 1. The van der Waals surface area contributed by atoms with Crippen molar-refractivity contribution >= 4 is 5.91 Å². The molecule has 0 atom stereocenters. The first-order valence-corrected chi connectivity index (χ1v) is 8.87. The molecule has 24 heavy (non-hydrogen) atoms. The van der Waals surface area contributed by atoms with Crippen LogP contribution in [0.3, 0.4) is 0 Å². The van der Waals surface area contributed by atoms with Crippen LogP contribution in [0.25, 0.3) is 0 Å². The second kappa shape index (κ2) is 9.04. The summed E-state index contributed by atoms with van der Waals surface area (Å²) < 4.78 is 5.74. The molecule has 0 aromatic heterocycles. The lowest BCUT2D eigenvalue weighted by molar-refractivity contribution is 0.0246. The Bertz CT molecular complexity index is 523. The SMILES string of the molecule is CN(C)CCOc1ccccc1C(=O)NCC1(O)CCCCCC1. The van der Waals surface area contributed by atoms with Gasteiger partial charge in [-0.05, 0) is 39.1 Å². The minimum atomic E-state index is -0.771. The first-order valence-electron chi connectivity index (χ1n) is 8.87. The third-order valence-corrected chi connectivity index (χ3v) is 4.54. The van der Waals surface area contributed by atoms with Gasteiger partial charge in [-0.25, -0.2) is 0 Å². The third kappa shape index (κ3) is 5.80. The van der Waals surface area contributed by atoms with Gasteiger partial charge in [-0.1, -0.05) is 37.8 Å². The molecule has 1 saturated carbocycles. The van der Waals surface area contributed by atoms with Crippen LogP contribution in [0, 0.1) is 0 Å². The predicted octanol–water partition coefficient (Wildman–Crippen LogP) is 2.44. The Morgan fingerprint density at radius 3 is 2.54 bits per heavy atom. The van der Waals surface area contributed by atoms with E-state index in [9.17, 15) is 9.90 Å². The van der Waals surface area contributed by atoms with Crippen LogP contribution in [0.4, 0.5) is 0 Å². The number of nitrogens with zero attached hydrogens (tertiary/aromatic N) is 1. The van der Waals surface area contributed by atoms with Gasteiger partial charge in [-0.15, -0.1) is 0 Å².